The Bertz CT molecular complexity index is 388. The lowest BCUT2D eigenvalue weighted by atomic mass is 9.98. The van der Waals surface area contributed by atoms with Crippen LogP contribution in [0.5, 0.6) is 0 Å². The van der Waals surface area contributed by atoms with E-state index in [1.165, 1.54) is 24.1 Å². The van der Waals surface area contributed by atoms with Gasteiger partial charge in [0, 0.05) is 38.5 Å². The minimum Gasteiger partial charge on any atom is -0.381 e. The molecule has 0 aliphatic carbocycles. The van der Waals surface area contributed by atoms with Gasteiger partial charge in [-0.25, -0.2) is 0 Å². The van der Waals surface area contributed by atoms with E-state index in [4.69, 9.17) is 10.5 Å². The Hall–Kier alpha value is -1.06. The maximum Gasteiger partial charge on any atom is 0.0469 e. The Morgan fingerprint density at radius 3 is 2.68 bits per heavy atom. The van der Waals surface area contributed by atoms with Gasteiger partial charge in [-0.2, -0.15) is 0 Å². The molecule has 106 valence electrons. The van der Waals surface area contributed by atoms with Crippen LogP contribution in [0.1, 0.15) is 37.8 Å². The highest BCUT2D eigenvalue weighted by atomic mass is 16.5. The van der Waals surface area contributed by atoms with Crippen molar-refractivity contribution in [1.82, 2.24) is 0 Å². The van der Waals surface area contributed by atoms with Crippen LogP contribution in [0.2, 0.25) is 0 Å². The van der Waals surface area contributed by atoms with Crippen molar-refractivity contribution in [1.29, 1.82) is 0 Å². The number of ether oxygens (including phenoxy) is 1. The molecule has 0 amide bonds. The summed E-state index contributed by atoms with van der Waals surface area (Å²) in [5.74, 6) is 0.740. The molecule has 0 aromatic heterocycles. The molecule has 19 heavy (non-hydrogen) atoms. The first-order chi connectivity index (χ1) is 9.22. The molecule has 0 bridgehead atoms. The van der Waals surface area contributed by atoms with Crippen LogP contribution in [-0.2, 0) is 4.74 Å². The molecule has 0 spiro atoms. The largest absolute Gasteiger partial charge is 0.381 e. The summed E-state index contributed by atoms with van der Waals surface area (Å²) in [7, 11) is 2.18. The Labute approximate surface area is 116 Å². The van der Waals surface area contributed by atoms with Gasteiger partial charge in [-0.05, 0) is 36.8 Å². The van der Waals surface area contributed by atoms with E-state index in [0.717, 1.165) is 32.1 Å². The second-order valence-corrected chi connectivity index (χ2v) is 5.51. The quantitative estimate of drug-likeness (QED) is 0.886. The molecule has 3 heteroatoms. The van der Waals surface area contributed by atoms with Crippen LogP contribution in [0.25, 0.3) is 0 Å². The second-order valence-electron chi connectivity index (χ2n) is 5.51. The first kappa shape index (κ1) is 14.4. The highest BCUT2D eigenvalue weighted by molar-refractivity contribution is 5.54. The van der Waals surface area contributed by atoms with E-state index >= 15 is 0 Å². The molecule has 1 aromatic rings. The number of nitrogens with two attached hydrogens (primary N) is 1. The summed E-state index contributed by atoms with van der Waals surface area (Å²) in [6.07, 6.45) is 3.32. The van der Waals surface area contributed by atoms with Crippen molar-refractivity contribution in [3.8, 4) is 0 Å². The van der Waals surface area contributed by atoms with Crippen LogP contribution in [0.15, 0.2) is 24.3 Å². The number of hydrogen-bond acceptors (Lipinski definition) is 3. The van der Waals surface area contributed by atoms with Crippen molar-refractivity contribution in [3.63, 3.8) is 0 Å². The third-order valence-electron chi connectivity index (χ3n) is 4.06. The van der Waals surface area contributed by atoms with Crippen LogP contribution >= 0.6 is 0 Å². The average molecular weight is 262 g/mol. The Morgan fingerprint density at radius 1 is 1.32 bits per heavy atom. The standard InChI is InChI=1S/C16H26N2O/c1-3-15(17)14-6-4-5-7-16(14)18(2)12-13-8-10-19-11-9-13/h4-7,13,15H,3,8-12,17H2,1-2H3/t15-/m0/s1. The summed E-state index contributed by atoms with van der Waals surface area (Å²) in [5.41, 5.74) is 8.76. The first-order valence-electron chi connectivity index (χ1n) is 7.35. The summed E-state index contributed by atoms with van der Waals surface area (Å²) in [6, 6.07) is 8.65. The lowest BCUT2D eigenvalue weighted by Crippen LogP contribution is -2.30. The average Bonchev–Trinajstić information content (AvgIpc) is 2.47. The zero-order valence-electron chi connectivity index (χ0n) is 12.1. The molecule has 0 unspecified atom stereocenters. The van der Waals surface area contributed by atoms with Gasteiger partial charge < -0.3 is 15.4 Å². The van der Waals surface area contributed by atoms with E-state index in [1.54, 1.807) is 0 Å². The van der Waals surface area contributed by atoms with Gasteiger partial charge in [0.2, 0.25) is 0 Å². The molecule has 0 radical (unpaired) electrons. The summed E-state index contributed by atoms with van der Waals surface area (Å²) in [5, 5.41) is 0. The molecular formula is C16H26N2O. The van der Waals surface area contributed by atoms with Crippen molar-refractivity contribution in [2.24, 2.45) is 11.7 Å². The smallest absolute Gasteiger partial charge is 0.0469 e. The van der Waals surface area contributed by atoms with Gasteiger partial charge in [0.1, 0.15) is 0 Å². The molecule has 1 atom stereocenters. The van der Waals surface area contributed by atoms with Crippen molar-refractivity contribution in [3.05, 3.63) is 29.8 Å². The van der Waals surface area contributed by atoms with E-state index in [9.17, 15) is 0 Å². The van der Waals surface area contributed by atoms with Gasteiger partial charge in [-0.3, -0.25) is 0 Å². The zero-order chi connectivity index (χ0) is 13.7. The number of para-hydroxylation sites is 1. The molecule has 1 aliphatic rings. The van der Waals surface area contributed by atoms with E-state index in [0.29, 0.717) is 0 Å². The highest BCUT2D eigenvalue weighted by Crippen LogP contribution is 2.27. The number of anilines is 1. The summed E-state index contributed by atoms with van der Waals surface area (Å²) in [4.78, 5) is 2.36. The fourth-order valence-electron chi connectivity index (χ4n) is 2.78. The zero-order valence-corrected chi connectivity index (χ0v) is 12.1. The highest BCUT2D eigenvalue weighted by Gasteiger charge is 2.18. The lowest BCUT2D eigenvalue weighted by molar-refractivity contribution is 0.0685. The van der Waals surface area contributed by atoms with Crippen LogP contribution in [0.4, 0.5) is 5.69 Å². The maximum absolute atomic E-state index is 6.22. The van der Waals surface area contributed by atoms with E-state index in [1.807, 2.05) is 0 Å². The predicted octanol–water partition coefficient (Wildman–Crippen LogP) is 2.96. The fourth-order valence-corrected chi connectivity index (χ4v) is 2.78. The van der Waals surface area contributed by atoms with Gasteiger partial charge >= 0.3 is 0 Å². The summed E-state index contributed by atoms with van der Waals surface area (Å²) < 4.78 is 5.43. The van der Waals surface area contributed by atoms with Gasteiger partial charge in [0.05, 0.1) is 0 Å². The molecule has 1 aliphatic heterocycles. The lowest BCUT2D eigenvalue weighted by Gasteiger charge is -2.30. The minimum atomic E-state index is 0.133. The van der Waals surface area contributed by atoms with Crippen LogP contribution in [0, 0.1) is 5.92 Å². The van der Waals surface area contributed by atoms with Crippen LogP contribution in [-0.4, -0.2) is 26.8 Å². The molecule has 1 saturated heterocycles. The molecule has 1 aromatic carbocycles. The van der Waals surface area contributed by atoms with Gasteiger partial charge in [-0.1, -0.05) is 25.1 Å². The Morgan fingerprint density at radius 2 is 2.00 bits per heavy atom. The predicted molar refractivity (Wildman–Crippen MR) is 80.5 cm³/mol. The van der Waals surface area contributed by atoms with Gasteiger partial charge in [0.15, 0.2) is 0 Å². The SMILES string of the molecule is CC[C@H](N)c1ccccc1N(C)CC1CCOCC1. The Balaban J connectivity index is 2.07. The fraction of sp³-hybridized carbons (Fsp3) is 0.625. The molecule has 2 N–H and O–H groups in total. The van der Waals surface area contributed by atoms with Crippen molar-refractivity contribution < 1.29 is 4.74 Å². The monoisotopic (exact) mass is 262 g/mol. The maximum atomic E-state index is 6.22. The molecular weight excluding hydrogens is 236 g/mol. The molecule has 3 nitrogen and oxygen atoms in total. The third-order valence-corrected chi connectivity index (χ3v) is 4.06. The van der Waals surface area contributed by atoms with Gasteiger partial charge in [0.25, 0.3) is 0 Å². The van der Waals surface area contributed by atoms with Crippen LogP contribution in [0.3, 0.4) is 0 Å². The number of rotatable bonds is 5. The minimum absolute atomic E-state index is 0.133. The normalized spacial score (nSPS) is 18.3. The first-order valence-corrected chi connectivity index (χ1v) is 7.35. The second kappa shape index (κ2) is 6.92. The van der Waals surface area contributed by atoms with Crippen molar-refractivity contribution in [2.45, 2.75) is 32.2 Å². The van der Waals surface area contributed by atoms with Crippen molar-refractivity contribution in [2.75, 3.05) is 31.7 Å². The van der Waals surface area contributed by atoms with E-state index in [-0.39, 0.29) is 6.04 Å². The van der Waals surface area contributed by atoms with E-state index < -0.39 is 0 Å². The molecule has 1 fully saturated rings. The third kappa shape index (κ3) is 3.71. The van der Waals surface area contributed by atoms with Crippen LogP contribution < -0.4 is 10.6 Å². The van der Waals surface area contributed by atoms with Gasteiger partial charge in [-0.15, -0.1) is 0 Å². The Kier molecular flexibility index (Phi) is 5.23. The summed E-state index contributed by atoms with van der Waals surface area (Å²) in [6.45, 7) is 5.06. The van der Waals surface area contributed by atoms with E-state index in [2.05, 4.69) is 43.1 Å². The number of nitrogens with zero attached hydrogens (tertiary/aromatic N) is 1. The molecule has 1 heterocycles. The number of benzene rings is 1. The van der Waals surface area contributed by atoms with Crippen molar-refractivity contribution >= 4 is 5.69 Å². The number of hydrogen-bond donors (Lipinski definition) is 1. The topological polar surface area (TPSA) is 38.5 Å². The molecule has 0 saturated carbocycles. The molecule has 2 rings (SSSR count). The summed E-state index contributed by atoms with van der Waals surface area (Å²) >= 11 is 0.